The van der Waals surface area contributed by atoms with Crippen LogP contribution in [0.5, 0.6) is 0 Å². The highest BCUT2D eigenvalue weighted by molar-refractivity contribution is 14.1. The Kier molecular flexibility index (Phi) is 4.56. The van der Waals surface area contributed by atoms with Crippen molar-refractivity contribution in [2.24, 2.45) is 0 Å². The summed E-state index contributed by atoms with van der Waals surface area (Å²) in [6, 6.07) is 2.65. The summed E-state index contributed by atoms with van der Waals surface area (Å²) in [5.41, 5.74) is 0.210. The number of hydrogen-bond donors (Lipinski definition) is 1. The molecule has 5 nitrogen and oxygen atoms in total. The van der Waals surface area contributed by atoms with E-state index in [0.29, 0.717) is 0 Å². The second-order valence-corrected chi connectivity index (χ2v) is 5.92. The van der Waals surface area contributed by atoms with Crippen LogP contribution in [0.15, 0.2) is 12.1 Å². The maximum Gasteiger partial charge on any atom is 0.293 e. The van der Waals surface area contributed by atoms with Crippen LogP contribution in [0.3, 0.4) is 0 Å². The van der Waals surface area contributed by atoms with Gasteiger partial charge in [0.15, 0.2) is 0 Å². The van der Waals surface area contributed by atoms with E-state index in [2.05, 4.69) is 10.2 Å². The Labute approximate surface area is 124 Å². The van der Waals surface area contributed by atoms with E-state index in [-0.39, 0.29) is 21.0 Å². The Bertz CT molecular complexity index is 490. The summed E-state index contributed by atoms with van der Waals surface area (Å²) in [4.78, 5) is 12.7. The monoisotopic (exact) mass is 379 g/mol. The molecule has 0 atom stereocenters. The fourth-order valence-corrected chi connectivity index (χ4v) is 2.63. The van der Waals surface area contributed by atoms with E-state index in [1.165, 1.54) is 12.1 Å². The number of rotatable bonds is 3. The summed E-state index contributed by atoms with van der Waals surface area (Å²) >= 11 is 1.76. The van der Waals surface area contributed by atoms with E-state index in [1.54, 1.807) is 22.6 Å². The Balaban J connectivity index is 2.19. The number of likely N-dealkylation sites (tertiary alicyclic amines) is 1. The minimum Gasteiger partial charge on any atom is -0.377 e. The van der Waals surface area contributed by atoms with E-state index in [0.717, 1.165) is 25.9 Å². The fraction of sp³-hybridized carbons (Fsp3) is 0.500. The van der Waals surface area contributed by atoms with Crippen molar-refractivity contribution in [1.29, 1.82) is 0 Å². The molecule has 0 aromatic heterocycles. The molecule has 0 amide bonds. The molecule has 1 aliphatic rings. The molecule has 2 rings (SSSR count). The lowest BCUT2D eigenvalue weighted by Crippen LogP contribution is -2.36. The molecule has 0 radical (unpaired) electrons. The smallest absolute Gasteiger partial charge is 0.293 e. The zero-order valence-corrected chi connectivity index (χ0v) is 12.7. The van der Waals surface area contributed by atoms with Crippen molar-refractivity contribution >= 4 is 34.0 Å². The van der Waals surface area contributed by atoms with Crippen LogP contribution in [0.4, 0.5) is 15.8 Å². The van der Waals surface area contributed by atoms with Crippen LogP contribution in [-0.2, 0) is 0 Å². The van der Waals surface area contributed by atoms with Gasteiger partial charge in [-0.05, 0) is 55.6 Å². The molecule has 1 aliphatic heterocycles. The standard InChI is InChI=1S/C12H15FIN3O2/c1-16-4-2-8(3-5-16)15-11-6-9(13)10(14)7-12(11)17(18)19/h6-8,15H,2-5H2,1H3. The van der Waals surface area contributed by atoms with Gasteiger partial charge in [0.05, 0.1) is 8.49 Å². The quantitative estimate of drug-likeness (QED) is 0.499. The molecule has 0 bridgehead atoms. The molecule has 1 N–H and O–H groups in total. The van der Waals surface area contributed by atoms with Crippen molar-refractivity contribution in [1.82, 2.24) is 4.90 Å². The number of nitrogens with one attached hydrogen (secondary N) is 1. The molecule has 1 aromatic rings. The number of nitrogens with zero attached hydrogens (tertiary/aromatic N) is 2. The number of halogens is 2. The first-order chi connectivity index (χ1) is 8.97. The van der Waals surface area contributed by atoms with Crippen molar-refractivity contribution in [2.75, 3.05) is 25.5 Å². The van der Waals surface area contributed by atoms with E-state index in [9.17, 15) is 14.5 Å². The molecule has 1 fully saturated rings. The van der Waals surface area contributed by atoms with E-state index >= 15 is 0 Å². The van der Waals surface area contributed by atoms with Gasteiger partial charge in [0.1, 0.15) is 11.5 Å². The number of piperidine rings is 1. The highest BCUT2D eigenvalue weighted by atomic mass is 127. The first-order valence-corrected chi connectivity index (χ1v) is 7.14. The third kappa shape index (κ3) is 3.53. The minimum atomic E-state index is -0.473. The molecule has 0 spiro atoms. The second kappa shape index (κ2) is 6.00. The molecule has 1 aromatic carbocycles. The zero-order chi connectivity index (χ0) is 14.0. The molecule has 0 unspecified atom stereocenters. The van der Waals surface area contributed by atoms with Gasteiger partial charge in [-0.1, -0.05) is 0 Å². The average Bonchev–Trinajstić information content (AvgIpc) is 2.36. The highest BCUT2D eigenvalue weighted by Gasteiger charge is 2.22. The lowest BCUT2D eigenvalue weighted by atomic mass is 10.0. The molecule has 19 heavy (non-hydrogen) atoms. The zero-order valence-electron chi connectivity index (χ0n) is 10.5. The van der Waals surface area contributed by atoms with Gasteiger partial charge in [0.2, 0.25) is 0 Å². The maximum absolute atomic E-state index is 13.6. The summed E-state index contributed by atoms with van der Waals surface area (Å²) < 4.78 is 13.8. The van der Waals surface area contributed by atoms with Gasteiger partial charge in [-0.3, -0.25) is 10.1 Å². The Morgan fingerprint density at radius 1 is 1.47 bits per heavy atom. The Morgan fingerprint density at radius 2 is 2.11 bits per heavy atom. The molecule has 104 valence electrons. The van der Waals surface area contributed by atoms with Crippen LogP contribution in [0.2, 0.25) is 0 Å². The third-order valence-electron chi connectivity index (χ3n) is 3.31. The van der Waals surface area contributed by atoms with Crippen LogP contribution >= 0.6 is 22.6 Å². The molecule has 0 aliphatic carbocycles. The number of benzene rings is 1. The minimum absolute atomic E-state index is 0.0651. The largest absolute Gasteiger partial charge is 0.377 e. The second-order valence-electron chi connectivity index (χ2n) is 4.76. The lowest BCUT2D eigenvalue weighted by Gasteiger charge is -2.30. The summed E-state index contributed by atoms with van der Waals surface area (Å²) in [6.45, 7) is 1.89. The van der Waals surface area contributed by atoms with Gasteiger partial charge in [-0.15, -0.1) is 0 Å². The first kappa shape index (κ1) is 14.4. The predicted octanol–water partition coefficient (Wildman–Crippen LogP) is 2.84. The summed E-state index contributed by atoms with van der Waals surface area (Å²) in [5.74, 6) is -0.429. The SMILES string of the molecule is CN1CCC(Nc2cc(F)c(I)cc2[N+](=O)[O-])CC1. The number of hydrogen-bond acceptors (Lipinski definition) is 4. The van der Waals surface area contributed by atoms with Gasteiger partial charge in [-0.2, -0.15) is 0 Å². The Morgan fingerprint density at radius 3 is 2.68 bits per heavy atom. The Hall–Kier alpha value is -0.960. The van der Waals surface area contributed by atoms with Crippen molar-refractivity contribution < 1.29 is 9.31 Å². The van der Waals surface area contributed by atoms with Crippen molar-refractivity contribution in [3.05, 3.63) is 31.6 Å². The number of nitro groups is 1. The van der Waals surface area contributed by atoms with Gasteiger partial charge >= 0.3 is 0 Å². The van der Waals surface area contributed by atoms with Gasteiger partial charge < -0.3 is 10.2 Å². The third-order valence-corrected chi connectivity index (χ3v) is 4.14. The van der Waals surface area contributed by atoms with Crippen LogP contribution in [-0.4, -0.2) is 36.0 Å². The normalized spacial score (nSPS) is 17.4. The number of anilines is 1. The lowest BCUT2D eigenvalue weighted by molar-refractivity contribution is -0.384. The molecule has 1 heterocycles. The van der Waals surface area contributed by atoms with Gasteiger partial charge in [0, 0.05) is 18.2 Å². The molecule has 1 saturated heterocycles. The maximum atomic E-state index is 13.6. The fourth-order valence-electron chi connectivity index (χ4n) is 2.18. The van der Waals surface area contributed by atoms with Crippen LogP contribution in [0.25, 0.3) is 0 Å². The summed E-state index contributed by atoms with van der Waals surface area (Å²) in [6.07, 6.45) is 1.81. The average molecular weight is 379 g/mol. The molecule has 0 saturated carbocycles. The van der Waals surface area contributed by atoms with Crippen LogP contribution < -0.4 is 5.32 Å². The molecular formula is C12H15FIN3O2. The van der Waals surface area contributed by atoms with Crippen molar-refractivity contribution in [3.8, 4) is 0 Å². The van der Waals surface area contributed by atoms with Crippen LogP contribution in [0, 0.1) is 19.5 Å². The number of nitro benzene ring substituents is 1. The predicted molar refractivity (Wildman–Crippen MR) is 79.9 cm³/mol. The molecular weight excluding hydrogens is 364 g/mol. The van der Waals surface area contributed by atoms with Crippen molar-refractivity contribution in [3.63, 3.8) is 0 Å². The van der Waals surface area contributed by atoms with E-state index in [4.69, 9.17) is 0 Å². The van der Waals surface area contributed by atoms with Crippen molar-refractivity contribution in [2.45, 2.75) is 18.9 Å². The first-order valence-electron chi connectivity index (χ1n) is 6.06. The topological polar surface area (TPSA) is 58.4 Å². The highest BCUT2D eigenvalue weighted by Crippen LogP contribution is 2.30. The molecule has 7 heteroatoms. The van der Waals surface area contributed by atoms with Gasteiger partial charge in [0.25, 0.3) is 5.69 Å². The van der Waals surface area contributed by atoms with E-state index < -0.39 is 10.7 Å². The summed E-state index contributed by atoms with van der Waals surface area (Å²) in [5, 5.41) is 14.1. The van der Waals surface area contributed by atoms with E-state index in [1.807, 2.05) is 7.05 Å². The van der Waals surface area contributed by atoms with Crippen LogP contribution in [0.1, 0.15) is 12.8 Å². The van der Waals surface area contributed by atoms with Gasteiger partial charge in [-0.25, -0.2) is 4.39 Å². The summed E-state index contributed by atoms with van der Waals surface area (Å²) in [7, 11) is 2.04.